The Bertz CT molecular complexity index is 486. The molecule has 0 saturated heterocycles. The summed E-state index contributed by atoms with van der Waals surface area (Å²) >= 11 is 0. The monoisotopic (exact) mass is 211 g/mol. The van der Waals surface area contributed by atoms with Gasteiger partial charge >= 0.3 is 0 Å². The summed E-state index contributed by atoms with van der Waals surface area (Å²) in [6.07, 6.45) is 0. The topological polar surface area (TPSA) is 85.6 Å². The number of hydrogen-bond acceptors (Lipinski definition) is 4. The van der Waals surface area contributed by atoms with Crippen molar-refractivity contribution in [3.8, 4) is 5.88 Å². The van der Waals surface area contributed by atoms with Crippen LogP contribution in [-0.4, -0.2) is 32.7 Å². The fourth-order valence-electron chi connectivity index (χ4n) is 1.53. The Morgan fingerprint density at radius 1 is 1.40 bits per heavy atom. The average Bonchev–Trinajstić information content (AvgIpc) is 2.64. The maximum Gasteiger partial charge on any atom is 0.227 e. The number of aliphatic hydroxyl groups excluding tert-OH is 1. The molecule has 0 bridgehead atoms. The number of nitrogens with two attached hydrogens (primary N) is 1. The minimum atomic E-state index is -0.110. The van der Waals surface area contributed by atoms with Crippen molar-refractivity contribution in [1.29, 1.82) is 0 Å². The Morgan fingerprint density at radius 2 is 2.13 bits per heavy atom. The van der Waals surface area contributed by atoms with Crippen molar-refractivity contribution in [2.75, 3.05) is 18.9 Å². The number of rotatable bonds is 3. The number of nitrogens with zero attached hydrogens (tertiary/aromatic N) is 2. The molecule has 0 saturated carbocycles. The number of hydrogen-bond donors (Lipinski definition) is 3. The van der Waals surface area contributed by atoms with Crippen LogP contribution in [0.4, 0.5) is 5.82 Å². The van der Waals surface area contributed by atoms with Gasteiger partial charge in [0, 0.05) is 19.2 Å². The summed E-state index contributed by atoms with van der Waals surface area (Å²) in [6.45, 7) is 0.00751. The minimum absolute atomic E-state index is 0.0101. The van der Waals surface area contributed by atoms with Crippen molar-refractivity contribution < 1.29 is 15.1 Å². The molecule has 2 heterocycles. The van der Waals surface area contributed by atoms with Crippen LogP contribution in [0.15, 0.2) is 12.1 Å². The average molecular weight is 211 g/mol. The third-order valence-corrected chi connectivity index (χ3v) is 2.30. The number of aryl methyl sites for hydroxylation is 1. The van der Waals surface area contributed by atoms with E-state index in [1.165, 1.54) is 4.73 Å². The molecular formula is C9H13N3O3. The molecule has 15 heavy (non-hydrogen) atoms. The van der Waals surface area contributed by atoms with Gasteiger partial charge in [0.05, 0.1) is 12.1 Å². The van der Waals surface area contributed by atoms with Gasteiger partial charge in [-0.25, -0.2) is 0 Å². The van der Waals surface area contributed by atoms with Crippen LogP contribution in [0, 0.1) is 0 Å². The quantitative estimate of drug-likeness (QED) is 0.650. The van der Waals surface area contributed by atoms with Gasteiger partial charge in [0.2, 0.25) is 5.88 Å². The van der Waals surface area contributed by atoms with Crippen LogP contribution >= 0.6 is 0 Å². The summed E-state index contributed by atoms with van der Waals surface area (Å²) in [5.41, 5.74) is 7.17. The fourth-order valence-corrected chi connectivity index (χ4v) is 1.53. The molecule has 0 aliphatic heterocycles. The Hall–Kier alpha value is -1.82. The second-order valence-corrected chi connectivity index (χ2v) is 3.25. The molecule has 0 aliphatic carbocycles. The standard InChI is InChI=1S/C9H13N3O3/c1-11-6-5-9(14)12(15-3-2-13)7(6)4-8(11)10/h4-5,13-14H,2-3,10H2,1H3. The van der Waals surface area contributed by atoms with Crippen molar-refractivity contribution in [2.24, 2.45) is 7.05 Å². The Labute approximate surface area is 86.0 Å². The maximum atomic E-state index is 9.57. The molecule has 0 atom stereocenters. The molecule has 0 unspecified atom stereocenters. The van der Waals surface area contributed by atoms with Crippen molar-refractivity contribution >= 4 is 16.9 Å². The first-order valence-corrected chi connectivity index (χ1v) is 4.55. The predicted molar refractivity (Wildman–Crippen MR) is 55.5 cm³/mol. The molecule has 82 valence electrons. The van der Waals surface area contributed by atoms with E-state index in [0.29, 0.717) is 11.3 Å². The number of nitrogen functional groups attached to an aromatic ring is 1. The molecule has 0 aromatic carbocycles. The highest BCUT2D eigenvalue weighted by Crippen LogP contribution is 2.26. The van der Waals surface area contributed by atoms with Crippen LogP contribution in [0.1, 0.15) is 0 Å². The zero-order valence-electron chi connectivity index (χ0n) is 8.34. The molecular weight excluding hydrogens is 198 g/mol. The van der Waals surface area contributed by atoms with Gasteiger partial charge in [-0.3, -0.25) is 0 Å². The van der Waals surface area contributed by atoms with Gasteiger partial charge in [-0.1, -0.05) is 0 Å². The van der Waals surface area contributed by atoms with Crippen molar-refractivity contribution in [3.63, 3.8) is 0 Å². The van der Waals surface area contributed by atoms with E-state index < -0.39 is 0 Å². The smallest absolute Gasteiger partial charge is 0.227 e. The molecule has 6 nitrogen and oxygen atoms in total. The van der Waals surface area contributed by atoms with E-state index in [1.54, 1.807) is 23.7 Å². The van der Waals surface area contributed by atoms with Gasteiger partial charge in [-0.15, -0.1) is 4.73 Å². The number of aliphatic hydroxyl groups is 1. The van der Waals surface area contributed by atoms with E-state index in [2.05, 4.69) is 0 Å². The van der Waals surface area contributed by atoms with Crippen molar-refractivity contribution in [3.05, 3.63) is 12.1 Å². The molecule has 6 heteroatoms. The molecule has 2 aromatic heterocycles. The number of anilines is 1. The van der Waals surface area contributed by atoms with Gasteiger partial charge in [-0.2, -0.15) is 0 Å². The zero-order chi connectivity index (χ0) is 11.0. The Balaban J connectivity index is 2.52. The van der Waals surface area contributed by atoms with Crippen molar-refractivity contribution in [1.82, 2.24) is 9.30 Å². The second-order valence-electron chi connectivity index (χ2n) is 3.25. The molecule has 0 spiro atoms. The highest BCUT2D eigenvalue weighted by Gasteiger charge is 2.13. The van der Waals surface area contributed by atoms with E-state index in [9.17, 15) is 5.11 Å². The molecule has 2 rings (SSSR count). The highest BCUT2D eigenvalue weighted by molar-refractivity contribution is 5.83. The van der Waals surface area contributed by atoms with E-state index in [0.717, 1.165) is 5.52 Å². The summed E-state index contributed by atoms with van der Waals surface area (Å²) in [5.74, 6) is 0.574. The predicted octanol–water partition coefficient (Wildman–Crippen LogP) is -0.312. The van der Waals surface area contributed by atoms with Crippen LogP contribution in [0.2, 0.25) is 0 Å². The molecule has 4 N–H and O–H groups in total. The highest BCUT2D eigenvalue weighted by atomic mass is 16.7. The Kier molecular flexibility index (Phi) is 2.20. The van der Waals surface area contributed by atoms with E-state index >= 15 is 0 Å². The van der Waals surface area contributed by atoms with E-state index in [4.69, 9.17) is 15.7 Å². The van der Waals surface area contributed by atoms with Crippen LogP contribution < -0.4 is 10.6 Å². The summed E-state index contributed by atoms with van der Waals surface area (Å²) in [7, 11) is 1.80. The number of aromatic hydroxyl groups is 1. The third-order valence-electron chi connectivity index (χ3n) is 2.30. The molecule has 2 aromatic rings. The van der Waals surface area contributed by atoms with Crippen molar-refractivity contribution in [2.45, 2.75) is 0 Å². The summed E-state index contributed by atoms with van der Waals surface area (Å²) in [6, 6.07) is 3.26. The Morgan fingerprint density at radius 3 is 2.80 bits per heavy atom. The largest absolute Gasteiger partial charge is 0.492 e. The molecule has 0 aliphatic rings. The zero-order valence-corrected chi connectivity index (χ0v) is 8.34. The van der Waals surface area contributed by atoms with Gasteiger partial charge in [0.15, 0.2) is 0 Å². The minimum Gasteiger partial charge on any atom is -0.492 e. The van der Waals surface area contributed by atoms with Crippen LogP contribution in [-0.2, 0) is 7.05 Å². The lowest BCUT2D eigenvalue weighted by atomic mass is 10.5. The van der Waals surface area contributed by atoms with Crippen LogP contribution in [0.5, 0.6) is 5.88 Å². The van der Waals surface area contributed by atoms with Gasteiger partial charge in [0.1, 0.15) is 17.9 Å². The lowest BCUT2D eigenvalue weighted by molar-refractivity contribution is 0.0703. The fraction of sp³-hybridized carbons (Fsp3) is 0.333. The first kappa shape index (κ1) is 9.72. The summed E-state index contributed by atoms with van der Waals surface area (Å²) in [5, 5.41) is 18.2. The van der Waals surface area contributed by atoms with Crippen LogP contribution in [0.25, 0.3) is 11.0 Å². The molecule has 0 amide bonds. The molecule has 0 radical (unpaired) electrons. The van der Waals surface area contributed by atoms with E-state index in [1.807, 2.05) is 0 Å². The number of aromatic nitrogens is 2. The first-order valence-electron chi connectivity index (χ1n) is 4.55. The lowest BCUT2D eigenvalue weighted by Crippen LogP contribution is -2.14. The van der Waals surface area contributed by atoms with Gasteiger partial charge < -0.3 is 25.4 Å². The SMILES string of the molecule is Cn1c(N)cc2c1cc(O)n2OCCO. The summed E-state index contributed by atoms with van der Waals surface area (Å²) < 4.78 is 3.00. The van der Waals surface area contributed by atoms with E-state index in [-0.39, 0.29) is 19.1 Å². The maximum absolute atomic E-state index is 9.57. The van der Waals surface area contributed by atoms with Gasteiger partial charge in [-0.05, 0) is 0 Å². The lowest BCUT2D eigenvalue weighted by Gasteiger charge is -2.05. The number of fused-ring (bicyclic) bond motifs is 1. The third kappa shape index (κ3) is 1.39. The first-order chi connectivity index (χ1) is 7.15. The van der Waals surface area contributed by atoms with Crippen LogP contribution in [0.3, 0.4) is 0 Å². The molecule has 0 fully saturated rings. The van der Waals surface area contributed by atoms with Gasteiger partial charge in [0.25, 0.3) is 0 Å². The summed E-state index contributed by atoms with van der Waals surface area (Å²) in [4.78, 5) is 5.16. The second kappa shape index (κ2) is 3.39. The normalized spacial score (nSPS) is 11.1.